The van der Waals surface area contributed by atoms with Gasteiger partial charge in [0, 0.05) is 16.2 Å². The monoisotopic (exact) mass is 283 g/mol. The van der Waals surface area contributed by atoms with E-state index in [1.165, 1.54) is 4.88 Å². The van der Waals surface area contributed by atoms with Gasteiger partial charge in [0.15, 0.2) is 0 Å². The third-order valence-corrected chi connectivity index (χ3v) is 4.02. The van der Waals surface area contributed by atoms with Crippen LogP contribution in [-0.4, -0.2) is 17.0 Å². The summed E-state index contributed by atoms with van der Waals surface area (Å²) in [5.41, 5.74) is -0.514. The Hall–Kier alpha value is -1.36. The van der Waals surface area contributed by atoms with Gasteiger partial charge in [0.2, 0.25) is 5.91 Å². The minimum absolute atomic E-state index is 0.000590. The second kappa shape index (κ2) is 6.70. The number of carbonyl (C=O) groups is 2. The molecule has 0 saturated heterocycles. The van der Waals surface area contributed by atoms with E-state index in [1.54, 1.807) is 25.2 Å². The SMILES string of the molecule is CCc1ccc(CNC(=O)CC(C)(C)CC(=O)O)s1. The van der Waals surface area contributed by atoms with Crippen molar-refractivity contribution in [3.05, 3.63) is 21.9 Å². The summed E-state index contributed by atoms with van der Waals surface area (Å²) in [6.07, 6.45) is 1.23. The third kappa shape index (κ3) is 5.87. The van der Waals surface area contributed by atoms with Gasteiger partial charge in [-0.1, -0.05) is 20.8 Å². The van der Waals surface area contributed by atoms with Crippen LogP contribution in [0.5, 0.6) is 0 Å². The number of hydrogen-bond acceptors (Lipinski definition) is 3. The van der Waals surface area contributed by atoms with Crippen LogP contribution in [0.4, 0.5) is 0 Å². The Morgan fingerprint density at radius 2 is 1.89 bits per heavy atom. The predicted octanol–water partition coefficient (Wildman–Crippen LogP) is 2.82. The van der Waals surface area contributed by atoms with Crippen molar-refractivity contribution in [2.75, 3.05) is 0 Å². The topological polar surface area (TPSA) is 66.4 Å². The van der Waals surface area contributed by atoms with Crippen LogP contribution >= 0.6 is 11.3 Å². The van der Waals surface area contributed by atoms with Gasteiger partial charge in [-0.2, -0.15) is 0 Å². The number of carboxylic acids is 1. The second-order valence-corrected chi connectivity index (χ2v) is 6.66. The van der Waals surface area contributed by atoms with E-state index in [4.69, 9.17) is 5.11 Å². The molecular formula is C14H21NO3S. The first-order valence-corrected chi connectivity index (χ1v) is 7.20. The number of aliphatic carboxylic acids is 1. The molecule has 0 atom stereocenters. The van der Waals surface area contributed by atoms with Gasteiger partial charge in [0.25, 0.3) is 0 Å². The van der Waals surface area contributed by atoms with Crippen LogP contribution in [0.1, 0.15) is 43.4 Å². The molecule has 1 aromatic heterocycles. The molecule has 0 aliphatic rings. The van der Waals surface area contributed by atoms with Gasteiger partial charge in [-0.05, 0) is 24.0 Å². The normalized spacial score (nSPS) is 11.3. The van der Waals surface area contributed by atoms with Crippen molar-refractivity contribution in [3.8, 4) is 0 Å². The van der Waals surface area contributed by atoms with Crippen LogP contribution in [0, 0.1) is 5.41 Å². The first kappa shape index (κ1) is 15.7. The molecule has 0 bridgehead atoms. The van der Waals surface area contributed by atoms with Crippen molar-refractivity contribution >= 4 is 23.2 Å². The first-order chi connectivity index (χ1) is 8.82. The van der Waals surface area contributed by atoms with E-state index >= 15 is 0 Å². The van der Waals surface area contributed by atoms with Gasteiger partial charge < -0.3 is 10.4 Å². The van der Waals surface area contributed by atoms with Crippen molar-refractivity contribution in [1.82, 2.24) is 5.32 Å². The molecule has 0 aliphatic carbocycles. The van der Waals surface area contributed by atoms with Crippen LogP contribution in [0.25, 0.3) is 0 Å². The zero-order valence-corrected chi connectivity index (χ0v) is 12.5. The summed E-state index contributed by atoms with van der Waals surface area (Å²) in [6.45, 7) is 6.21. The van der Waals surface area contributed by atoms with Gasteiger partial charge in [-0.25, -0.2) is 0 Å². The minimum Gasteiger partial charge on any atom is -0.481 e. The lowest BCUT2D eigenvalue weighted by Gasteiger charge is -2.21. The van der Waals surface area contributed by atoms with Gasteiger partial charge >= 0.3 is 5.97 Å². The highest BCUT2D eigenvalue weighted by Crippen LogP contribution is 2.25. The number of hydrogen-bond donors (Lipinski definition) is 2. The van der Waals surface area contributed by atoms with E-state index in [0.29, 0.717) is 6.54 Å². The second-order valence-electron chi connectivity index (χ2n) is 5.41. The zero-order valence-electron chi connectivity index (χ0n) is 11.7. The number of aryl methyl sites for hydroxylation is 1. The Balaban J connectivity index is 2.41. The molecule has 0 aromatic carbocycles. The molecule has 5 heteroatoms. The average Bonchev–Trinajstić information content (AvgIpc) is 2.71. The maximum Gasteiger partial charge on any atom is 0.303 e. The van der Waals surface area contributed by atoms with Crippen molar-refractivity contribution in [1.29, 1.82) is 0 Å². The molecule has 19 heavy (non-hydrogen) atoms. The maximum atomic E-state index is 11.8. The number of thiophene rings is 1. The molecule has 0 unspecified atom stereocenters. The smallest absolute Gasteiger partial charge is 0.303 e. The number of amides is 1. The molecule has 1 heterocycles. The molecule has 0 aliphatic heterocycles. The standard InChI is InChI=1S/C14H21NO3S/c1-4-10-5-6-11(19-10)9-15-12(16)7-14(2,3)8-13(17)18/h5-6H,4,7-9H2,1-3H3,(H,15,16)(H,17,18). The fourth-order valence-corrected chi connectivity index (χ4v) is 2.76. The summed E-state index contributed by atoms with van der Waals surface area (Å²) < 4.78 is 0. The predicted molar refractivity (Wildman–Crippen MR) is 76.2 cm³/mol. The number of nitrogens with one attached hydrogen (secondary N) is 1. The number of carbonyl (C=O) groups excluding carboxylic acids is 1. The summed E-state index contributed by atoms with van der Waals surface area (Å²) in [4.78, 5) is 24.9. The van der Waals surface area contributed by atoms with Crippen LogP contribution in [0.3, 0.4) is 0 Å². The maximum absolute atomic E-state index is 11.8. The van der Waals surface area contributed by atoms with E-state index in [1.807, 2.05) is 6.07 Å². The van der Waals surface area contributed by atoms with Crippen molar-refractivity contribution in [3.63, 3.8) is 0 Å². The lowest BCUT2D eigenvalue weighted by atomic mass is 9.85. The Morgan fingerprint density at radius 3 is 2.42 bits per heavy atom. The van der Waals surface area contributed by atoms with E-state index in [-0.39, 0.29) is 18.7 Å². The minimum atomic E-state index is -0.872. The van der Waals surface area contributed by atoms with Gasteiger partial charge in [0.1, 0.15) is 0 Å². The first-order valence-electron chi connectivity index (χ1n) is 6.38. The average molecular weight is 283 g/mol. The Morgan fingerprint density at radius 1 is 1.26 bits per heavy atom. The largest absolute Gasteiger partial charge is 0.481 e. The lowest BCUT2D eigenvalue weighted by molar-refractivity contribution is -0.139. The molecular weight excluding hydrogens is 262 g/mol. The number of rotatable bonds is 7. The van der Waals surface area contributed by atoms with Crippen LogP contribution in [-0.2, 0) is 22.6 Å². The molecule has 0 saturated carbocycles. The fourth-order valence-electron chi connectivity index (χ4n) is 1.86. The van der Waals surface area contributed by atoms with Crippen molar-refractivity contribution in [2.45, 2.75) is 46.6 Å². The lowest BCUT2D eigenvalue weighted by Crippen LogP contribution is -2.29. The molecule has 0 spiro atoms. The Kier molecular flexibility index (Phi) is 5.54. The molecule has 1 aromatic rings. The summed E-state index contributed by atoms with van der Waals surface area (Å²) >= 11 is 1.69. The van der Waals surface area contributed by atoms with Crippen LogP contribution in [0.2, 0.25) is 0 Å². The number of carboxylic acid groups (broad SMARTS) is 1. The Labute approximate surface area is 117 Å². The van der Waals surface area contributed by atoms with E-state index < -0.39 is 11.4 Å². The third-order valence-electron chi connectivity index (χ3n) is 2.79. The van der Waals surface area contributed by atoms with Gasteiger partial charge in [-0.3, -0.25) is 9.59 Å². The summed E-state index contributed by atoms with van der Waals surface area (Å²) in [5, 5.41) is 11.6. The molecule has 2 N–H and O–H groups in total. The van der Waals surface area contributed by atoms with E-state index in [0.717, 1.165) is 11.3 Å². The van der Waals surface area contributed by atoms with Crippen molar-refractivity contribution in [2.24, 2.45) is 5.41 Å². The molecule has 0 fully saturated rings. The summed E-state index contributed by atoms with van der Waals surface area (Å²) in [7, 11) is 0. The van der Waals surface area contributed by atoms with Crippen LogP contribution in [0.15, 0.2) is 12.1 Å². The Bertz CT molecular complexity index is 451. The highest BCUT2D eigenvalue weighted by atomic mass is 32.1. The summed E-state index contributed by atoms with van der Waals surface area (Å²) in [6, 6.07) is 4.09. The van der Waals surface area contributed by atoms with Crippen LogP contribution < -0.4 is 5.32 Å². The quantitative estimate of drug-likeness (QED) is 0.808. The highest BCUT2D eigenvalue weighted by molar-refractivity contribution is 7.11. The molecule has 1 rings (SSSR count). The fraction of sp³-hybridized carbons (Fsp3) is 0.571. The van der Waals surface area contributed by atoms with E-state index in [2.05, 4.69) is 18.3 Å². The van der Waals surface area contributed by atoms with E-state index in [9.17, 15) is 9.59 Å². The molecule has 1 amide bonds. The molecule has 106 valence electrons. The highest BCUT2D eigenvalue weighted by Gasteiger charge is 2.25. The van der Waals surface area contributed by atoms with Gasteiger partial charge in [0.05, 0.1) is 13.0 Å². The molecule has 0 radical (unpaired) electrons. The zero-order chi connectivity index (χ0) is 14.5. The van der Waals surface area contributed by atoms with Crippen molar-refractivity contribution < 1.29 is 14.7 Å². The van der Waals surface area contributed by atoms with Gasteiger partial charge in [-0.15, -0.1) is 11.3 Å². The molecule has 4 nitrogen and oxygen atoms in total. The summed E-state index contributed by atoms with van der Waals surface area (Å²) in [5.74, 6) is -0.971.